The first-order valence-electron chi connectivity index (χ1n) is 13.1. The molecule has 0 aliphatic heterocycles. The molecule has 0 spiro atoms. The topological polar surface area (TPSA) is 65.5 Å². The summed E-state index contributed by atoms with van der Waals surface area (Å²) in [5.74, 6) is -0.509. The third kappa shape index (κ3) is 8.46. The molecule has 3 aromatic rings. The third-order valence-electron chi connectivity index (χ3n) is 5.97. The van der Waals surface area contributed by atoms with Crippen molar-refractivity contribution in [2.24, 2.45) is 0 Å². The van der Waals surface area contributed by atoms with E-state index in [9.17, 15) is 22.8 Å². The number of esters is 1. The molecule has 0 bridgehead atoms. The first-order chi connectivity index (χ1) is 19.0. The van der Waals surface area contributed by atoms with Crippen LogP contribution in [0, 0.1) is 0 Å². The monoisotopic (exact) mass is 629 g/mol. The lowest BCUT2D eigenvalue weighted by molar-refractivity contribution is -0.163. The van der Waals surface area contributed by atoms with Crippen molar-refractivity contribution in [3.05, 3.63) is 68.1 Å². The smallest absolute Gasteiger partial charge is 0.416 e. The maximum atomic E-state index is 13.3. The minimum absolute atomic E-state index is 0.0700. The Balaban J connectivity index is 1.76. The van der Waals surface area contributed by atoms with Crippen LogP contribution in [0.5, 0.6) is 5.75 Å². The van der Waals surface area contributed by atoms with Crippen molar-refractivity contribution >= 4 is 46.3 Å². The van der Waals surface area contributed by atoms with Crippen molar-refractivity contribution in [1.82, 2.24) is 4.98 Å². The Morgan fingerprint density at radius 1 is 1.00 bits per heavy atom. The number of ether oxygens (including phenoxy) is 2. The average Bonchev–Trinajstić information content (AvgIpc) is 3.33. The Hall–Kier alpha value is -2.62. The van der Waals surface area contributed by atoms with Gasteiger partial charge in [0, 0.05) is 12.0 Å². The summed E-state index contributed by atoms with van der Waals surface area (Å²) >= 11 is 14.2. The van der Waals surface area contributed by atoms with E-state index < -0.39 is 29.4 Å². The van der Waals surface area contributed by atoms with Crippen LogP contribution in [-0.4, -0.2) is 28.4 Å². The van der Waals surface area contributed by atoms with Crippen molar-refractivity contribution in [3.63, 3.8) is 0 Å². The molecule has 3 rings (SSSR count). The standard InChI is InChI=1S/C30H32Cl2F3NO4S/c1-7-21(28(38)40-29(4,5)6)39-22-15-11-17(23(31)24(22)32)10-14-20(37)26-25(16(2)3)36-27(41-26)18-8-12-19(13-9-18)30(33,34)35/h8-9,11-13,15-16,21H,7,10,14H2,1-6H3. The molecule has 1 atom stereocenters. The first kappa shape index (κ1) is 32.9. The molecule has 1 unspecified atom stereocenters. The van der Waals surface area contributed by atoms with Crippen molar-refractivity contribution in [1.29, 1.82) is 0 Å². The van der Waals surface area contributed by atoms with Gasteiger partial charge in [-0.2, -0.15) is 13.2 Å². The summed E-state index contributed by atoms with van der Waals surface area (Å²) in [5, 5.41) is 0.822. The van der Waals surface area contributed by atoms with Gasteiger partial charge in [0.15, 0.2) is 11.9 Å². The van der Waals surface area contributed by atoms with Gasteiger partial charge in [-0.1, -0.05) is 62.2 Å². The molecule has 5 nitrogen and oxygen atoms in total. The molecular weight excluding hydrogens is 598 g/mol. The van der Waals surface area contributed by atoms with Crippen LogP contribution in [-0.2, 0) is 22.1 Å². The summed E-state index contributed by atoms with van der Waals surface area (Å²) in [5.41, 5.74) is 0.306. The molecule has 0 aliphatic rings. The molecule has 0 fully saturated rings. The number of benzene rings is 2. The predicted molar refractivity (Wildman–Crippen MR) is 156 cm³/mol. The summed E-state index contributed by atoms with van der Waals surface area (Å²) in [6, 6.07) is 8.03. The molecule has 0 N–H and O–H groups in total. The number of thiazole rings is 1. The maximum absolute atomic E-state index is 13.3. The van der Waals surface area contributed by atoms with Gasteiger partial charge in [0.25, 0.3) is 0 Å². The van der Waals surface area contributed by atoms with Gasteiger partial charge in [-0.15, -0.1) is 11.3 Å². The Bertz CT molecular complexity index is 1400. The third-order valence-corrected chi connectivity index (χ3v) is 8.04. The molecule has 0 aliphatic carbocycles. The molecule has 41 heavy (non-hydrogen) atoms. The van der Waals surface area contributed by atoms with Gasteiger partial charge >= 0.3 is 12.1 Å². The van der Waals surface area contributed by atoms with Gasteiger partial charge in [0.2, 0.25) is 0 Å². The number of alkyl halides is 3. The second-order valence-electron chi connectivity index (χ2n) is 10.8. The fraction of sp³-hybridized carbons (Fsp3) is 0.433. The van der Waals surface area contributed by atoms with E-state index in [1.54, 1.807) is 39.8 Å². The number of rotatable bonds is 10. The lowest BCUT2D eigenvalue weighted by atomic mass is 10.0. The maximum Gasteiger partial charge on any atom is 0.416 e. The lowest BCUT2D eigenvalue weighted by Crippen LogP contribution is -2.35. The van der Waals surface area contributed by atoms with Gasteiger partial charge in [-0.25, -0.2) is 9.78 Å². The molecule has 2 aromatic carbocycles. The highest BCUT2D eigenvalue weighted by atomic mass is 35.5. The highest BCUT2D eigenvalue weighted by Gasteiger charge is 2.30. The van der Waals surface area contributed by atoms with Gasteiger partial charge in [0.05, 0.1) is 21.2 Å². The number of halogens is 5. The number of carbonyl (C=O) groups excluding carboxylic acids is 2. The summed E-state index contributed by atoms with van der Waals surface area (Å²) < 4.78 is 50.1. The van der Waals surface area contributed by atoms with Crippen molar-refractivity contribution in [3.8, 4) is 16.3 Å². The average molecular weight is 631 g/mol. The van der Waals surface area contributed by atoms with E-state index in [2.05, 4.69) is 4.98 Å². The normalized spacial score (nSPS) is 12.9. The molecule has 11 heteroatoms. The van der Waals surface area contributed by atoms with Gasteiger partial charge in [0.1, 0.15) is 21.4 Å². The van der Waals surface area contributed by atoms with Crippen LogP contribution in [0.4, 0.5) is 13.2 Å². The quantitative estimate of drug-likeness (QED) is 0.165. The van der Waals surface area contributed by atoms with Crippen molar-refractivity contribution in [2.75, 3.05) is 0 Å². The van der Waals surface area contributed by atoms with Crippen LogP contribution >= 0.6 is 34.5 Å². The van der Waals surface area contributed by atoms with Crippen LogP contribution in [0.25, 0.3) is 10.6 Å². The largest absolute Gasteiger partial charge is 0.477 e. The van der Waals surface area contributed by atoms with E-state index in [4.69, 9.17) is 32.7 Å². The molecular formula is C30H32Cl2F3NO4S. The van der Waals surface area contributed by atoms with Gasteiger partial charge < -0.3 is 9.47 Å². The summed E-state index contributed by atoms with van der Waals surface area (Å²) in [6.45, 7) is 10.9. The molecule has 1 heterocycles. The Morgan fingerprint density at radius 3 is 2.17 bits per heavy atom. The molecule has 1 aromatic heterocycles. The lowest BCUT2D eigenvalue weighted by Gasteiger charge is -2.24. The van der Waals surface area contributed by atoms with Crippen LogP contribution in [0.2, 0.25) is 10.0 Å². The molecule has 0 saturated carbocycles. The Labute approximate surface area is 252 Å². The van der Waals surface area contributed by atoms with Crippen molar-refractivity contribution in [2.45, 2.75) is 84.6 Å². The minimum Gasteiger partial charge on any atom is -0.477 e. The van der Waals surface area contributed by atoms with Crippen LogP contribution in [0.3, 0.4) is 0 Å². The van der Waals surface area contributed by atoms with E-state index >= 15 is 0 Å². The van der Waals surface area contributed by atoms with E-state index in [0.29, 0.717) is 33.1 Å². The highest BCUT2D eigenvalue weighted by molar-refractivity contribution is 7.17. The molecule has 222 valence electrons. The number of hydrogen-bond donors (Lipinski definition) is 0. The zero-order chi connectivity index (χ0) is 30.7. The number of aromatic nitrogens is 1. The van der Waals surface area contributed by atoms with E-state index in [1.807, 2.05) is 13.8 Å². The number of Topliss-reactive ketones (excluding diaryl/α,β-unsaturated/α-hetero) is 1. The van der Waals surface area contributed by atoms with Crippen molar-refractivity contribution < 1.29 is 32.2 Å². The minimum atomic E-state index is -4.43. The zero-order valence-electron chi connectivity index (χ0n) is 23.6. The van der Waals surface area contributed by atoms with Crippen LogP contribution in [0.15, 0.2) is 36.4 Å². The number of hydrogen-bond acceptors (Lipinski definition) is 6. The fourth-order valence-electron chi connectivity index (χ4n) is 3.88. The second kappa shape index (κ2) is 13.1. The number of ketones is 1. The molecule has 0 amide bonds. The predicted octanol–water partition coefficient (Wildman–Crippen LogP) is 9.57. The number of nitrogens with zero attached hydrogens (tertiary/aromatic N) is 1. The molecule has 0 saturated heterocycles. The van der Waals surface area contributed by atoms with Gasteiger partial charge in [-0.3, -0.25) is 4.79 Å². The Morgan fingerprint density at radius 2 is 1.63 bits per heavy atom. The zero-order valence-corrected chi connectivity index (χ0v) is 25.9. The summed E-state index contributed by atoms with van der Waals surface area (Å²) in [6.07, 6.45) is -4.54. The summed E-state index contributed by atoms with van der Waals surface area (Å²) in [7, 11) is 0. The molecule has 0 radical (unpaired) electrons. The van der Waals surface area contributed by atoms with Crippen LogP contribution < -0.4 is 4.74 Å². The van der Waals surface area contributed by atoms with Crippen LogP contribution in [0.1, 0.15) is 86.8 Å². The number of aryl methyl sites for hydroxylation is 1. The van der Waals surface area contributed by atoms with E-state index in [-0.39, 0.29) is 40.3 Å². The van der Waals surface area contributed by atoms with Gasteiger partial charge in [-0.05, 0) is 63.3 Å². The Kier molecular flexibility index (Phi) is 10.5. The highest BCUT2D eigenvalue weighted by Crippen LogP contribution is 2.38. The SMILES string of the molecule is CCC(Oc1ccc(CCC(=O)c2sc(-c3ccc(C(F)(F)F)cc3)nc2C(C)C)c(Cl)c1Cl)C(=O)OC(C)(C)C. The summed E-state index contributed by atoms with van der Waals surface area (Å²) in [4.78, 5) is 30.8. The first-order valence-corrected chi connectivity index (χ1v) is 14.7. The van der Waals surface area contributed by atoms with E-state index in [0.717, 1.165) is 23.5 Å². The van der Waals surface area contributed by atoms with E-state index in [1.165, 1.54) is 12.1 Å². The second-order valence-corrected chi connectivity index (χ2v) is 12.5. The number of carbonyl (C=O) groups is 2. The fourth-order valence-corrected chi connectivity index (χ4v) is 5.56.